The van der Waals surface area contributed by atoms with E-state index in [-0.39, 0.29) is 5.91 Å². The second-order valence-electron chi connectivity index (χ2n) is 7.10. The molecule has 0 aliphatic carbocycles. The van der Waals surface area contributed by atoms with Gasteiger partial charge in [-0.1, -0.05) is 24.3 Å². The Kier molecular flexibility index (Phi) is 6.09. The molecule has 27 heavy (non-hydrogen) atoms. The van der Waals surface area contributed by atoms with Gasteiger partial charge in [-0.05, 0) is 68.4 Å². The van der Waals surface area contributed by atoms with E-state index in [9.17, 15) is 4.79 Å². The van der Waals surface area contributed by atoms with E-state index in [0.717, 1.165) is 17.8 Å². The number of nitrogens with zero attached hydrogens (tertiary/aromatic N) is 2. The van der Waals surface area contributed by atoms with Crippen molar-refractivity contribution in [1.29, 1.82) is 0 Å². The van der Waals surface area contributed by atoms with E-state index < -0.39 is 0 Å². The van der Waals surface area contributed by atoms with E-state index >= 15 is 0 Å². The quantitative estimate of drug-likeness (QED) is 0.683. The minimum absolute atomic E-state index is 0.0546. The van der Waals surface area contributed by atoms with Gasteiger partial charge in [0.15, 0.2) is 0 Å². The molecule has 0 radical (unpaired) electrons. The number of amides is 1. The minimum atomic E-state index is -0.0546. The summed E-state index contributed by atoms with van der Waals surface area (Å²) in [5, 5.41) is 3.05. The van der Waals surface area contributed by atoms with Crippen LogP contribution in [-0.2, 0) is 13.1 Å². The second-order valence-corrected chi connectivity index (χ2v) is 7.10. The lowest BCUT2D eigenvalue weighted by Gasteiger charge is -2.22. The van der Waals surface area contributed by atoms with Gasteiger partial charge in [0.2, 0.25) is 0 Å². The summed E-state index contributed by atoms with van der Waals surface area (Å²) >= 11 is 0. The maximum atomic E-state index is 12.5. The second kappa shape index (κ2) is 8.69. The number of hydrogen-bond donors (Lipinski definition) is 1. The molecule has 3 aromatic rings. The van der Waals surface area contributed by atoms with Crippen molar-refractivity contribution < 1.29 is 4.79 Å². The molecule has 1 N–H and O–H groups in total. The molecule has 1 amide bonds. The average Bonchev–Trinajstić information content (AvgIpc) is 3.22. The predicted molar refractivity (Wildman–Crippen MR) is 110 cm³/mol. The molecule has 4 heteroatoms. The molecule has 140 valence electrons. The van der Waals surface area contributed by atoms with Crippen molar-refractivity contribution >= 4 is 5.91 Å². The van der Waals surface area contributed by atoms with Gasteiger partial charge in [-0.15, -0.1) is 0 Å². The van der Waals surface area contributed by atoms with Gasteiger partial charge >= 0.3 is 0 Å². The highest BCUT2D eigenvalue weighted by molar-refractivity contribution is 5.94. The molecular weight excluding hydrogens is 334 g/mol. The molecule has 0 aliphatic rings. The van der Waals surface area contributed by atoms with Crippen molar-refractivity contribution in [3.63, 3.8) is 0 Å². The van der Waals surface area contributed by atoms with Crippen molar-refractivity contribution in [2.45, 2.75) is 33.0 Å². The first kappa shape index (κ1) is 18.9. The molecule has 0 fully saturated rings. The van der Waals surface area contributed by atoms with Crippen LogP contribution in [0.25, 0.3) is 5.69 Å². The Hall–Kier alpha value is -2.85. The third-order valence-corrected chi connectivity index (χ3v) is 4.89. The summed E-state index contributed by atoms with van der Waals surface area (Å²) in [7, 11) is 2.12. The van der Waals surface area contributed by atoms with Crippen molar-refractivity contribution in [3.05, 3.63) is 89.7 Å². The fourth-order valence-electron chi connectivity index (χ4n) is 2.90. The summed E-state index contributed by atoms with van der Waals surface area (Å²) < 4.78 is 2.02. The van der Waals surface area contributed by atoms with Gasteiger partial charge in [0.25, 0.3) is 5.91 Å². The molecule has 3 rings (SSSR count). The molecule has 1 aromatic heterocycles. The van der Waals surface area contributed by atoms with Crippen LogP contribution >= 0.6 is 0 Å². The fraction of sp³-hybridized carbons (Fsp3) is 0.261. The zero-order valence-corrected chi connectivity index (χ0v) is 16.2. The van der Waals surface area contributed by atoms with Crippen LogP contribution in [0, 0.1) is 0 Å². The SMILES string of the molecule is CC(C)N(C)Cc1ccccc1CNC(=O)c1ccc(-n2cccc2)cc1. The number of rotatable bonds is 7. The van der Waals surface area contributed by atoms with Gasteiger partial charge in [-0.2, -0.15) is 0 Å². The van der Waals surface area contributed by atoms with Crippen molar-refractivity contribution in [1.82, 2.24) is 14.8 Å². The molecule has 0 atom stereocenters. The molecule has 0 spiro atoms. The largest absolute Gasteiger partial charge is 0.348 e. The van der Waals surface area contributed by atoms with E-state index in [1.165, 1.54) is 5.56 Å². The Labute approximate surface area is 161 Å². The predicted octanol–water partition coefficient (Wildman–Crippen LogP) is 4.25. The van der Waals surface area contributed by atoms with E-state index in [0.29, 0.717) is 18.2 Å². The number of benzene rings is 2. The molecule has 2 aromatic carbocycles. The molecular formula is C23H27N3O. The number of carbonyl (C=O) groups is 1. The third-order valence-electron chi connectivity index (χ3n) is 4.89. The summed E-state index contributed by atoms with van der Waals surface area (Å²) in [6.45, 7) is 5.76. The topological polar surface area (TPSA) is 37.3 Å². The van der Waals surface area contributed by atoms with Crippen LogP contribution < -0.4 is 5.32 Å². The lowest BCUT2D eigenvalue weighted by molar-refractivity contribution is 0.0950. The third kappa shape index (κ3) is 4.86. The summed E-state index contributed by atoms with van der Waals surface area (Å²) in [5.74, 6) is -0.0546. The summed E-state index contributed by atoms with van der Waals surface area (Å²) in [6.07, 6.45) is 3.97. The highest BCUT2D eigenvalue weighted by Gasteiger charge is 2.10. The lowest BCUT2D eigenvalue weighted by atomic mass is 10.1. The monoisotopic (exact) mass is 361 g/mol. The highest BCUT2D eigenvalue weighted by Crippen LogP contribution is 2.14. The van der Waals surface area contributed by atoms with Gasteiger partial charge in [-0.25, -0.2) is 0 Å². The molecule has 0 saturated carbocycles. The van der Waals surface area contributed by atoms with Crippen LogP contribution in [0.2, 0.25) is 0 Å². The number of aromatic nitrogens is 1. The standard InChI is InChI=1S/C23H27N3O/c1-18(2)25(3)17-21-9-5-4-8-20(21)16-24-23(27)19-10-12-22(13-11-19)26-14-6-7-15-26/h4-15,18H,16-17H2,1-3H3,(H,24,27). The maximum Gasteiger partial charge on any atom is 0.251 e. The summed E-state index contributed by atoms with van der Waals surface area (Å²) in [6, 6.07) is 20.4. The Bertz CT molecular complexity index is 867. The Morgan fingerprint density at radius 2 is 1.59 bits per heavy atom. The smallest absolute Gasteiger partial charge is 0.251 e. The lowest BCUT2D eigenvalue weighted by Crippen LogP contribution is -2.27. The molecule has 0 unspecified atom stereocenters. The summed E-state index contributed by atoms with van der Waals surface area (Å²) in [5.41, 5.74) is 4.11. The van der Waals surface area contributed by atoms with E-state index in [2.05, 4.69) is 49.3 Å². The molecule has 0 saturated heterocycles. The maximum absolute atomic E-state index is 12.5. The average molecular weight is 361 g/mol. The van der Waals surface area contributed by atoms with E-state index in [1.807, 2.05) is 59.4 Å². The minimum Gasteiger partial charge on any atom is -0.348 e. The number of hydrogen-bond acceptors (Lipinski definition) is 2. The van der Waals surface area contributed by atoms with E-state index in [1.54, 1.807) is 0 Å². The van der Waals surface area contributed by atoms with E-state index in [4.69, 9.17) is 0 Å². The van der Waals surface area contributed by atoms with Crippen molar-refractivity contribution in [2.24, 2.45) is 0 Å². The van der Waals surface area contributed by atoms with Crippen molar-refractivity contribution in [3.8, 4) is 5.69 Å². The first-order chi connectivity index (χ1) is 13.0. The molecule has 0 aliphatic heterocycles. The number of nitrogens with one attached hydrogen (secondary N) is 1. The Balaban J connectivity index is 1.64. The fourth-order valence-corrected chi connectivity index (χ4v) is 2.90. The summed E-state index contributed by atoms with van der Waals surface area (Å²) in [4.78, 5) is 14.8. The van der Waals surface area contributed by atoms with Crippen LogP contribution in [-0.4, -0.2) is 28.5 Å². The first-order valence-electron chi connectivity index (χ1n) is 9.33. The zero-order valence-electron chi connectivity index (χ0n) is 16.2. The Morgan fingerprint density at radius 1 is 0.963 bits per heavy atom. The molecule has 1 heterocycles. The zero-order chi connectivity index (χ0) is 19.2. The first-order valence-corrected chi connectivity index (χ1v) is 9.33. The van der Waals surface area contributed by atoms with Gasteiger partial charge in [0.05, 0.1) is 0 Å². The van der Waals surface area contributed by atoms with Gasteiger partial charge in [0, 0.05) is 42.8 Å². The molecule has 4 nitrogen and oxygen atoms in total. The van der Waals surface area contributed by atoms with Crippen LogP contribution in [0.1, 0.15) is 35.3 Å². The normalized spacial score (nSPS) is 11.1. The van der Waals surface area contributed by atoms with Crippen LogP contribution in [0.15, 0.2) is 73.1 Å². The Morgan fingerprint density at radius 3 is 2.22 bits per heavy atom. The number of carbonyl (C=O) groups excluding carboxylic acids is 1. The van der Waals surface area contributed by atoms with Gasteiger partial charge in [-0.3, -0.25) is 9.69 Å². The van der Waals surface area contributed by atoms with Crippen LogP contribution in [0.5, 0.6) is 0 Å². The van der Waals surface area contributed by atoms with Gasteiger partial charge < -0.3 is 9.88 Å². The van der Waals surface area contributed by atoms with Gasteiger partial charge in [0.1, 0.15) is 0 Å². The van der Waals surface area contributed by atoms with Crippen LogP contribution in [0.4, 0.5) is 0 Å². The molecule has 0 bridgehead atoms. The highest BCUT2D eigenvalue weighted by atomic mass is 16.1. The van der Waals surface area contributed by atoms with Crippen molar-refractivity contribution in [2.75, 3.05) is 7.05 Å². The van der Waals surface area contributed by atoms with Crippen LogP contribution in [0.3, 0.4) is 0 Å².